The van der Waals surface area contributed by atoms with Gasteiger partial charge in [-0.3, -0.25) is 19.2 Å². The summed E-state index contributed by atoms with van der Waals surface area (Å²) in [7, 11) is 2.42. The van der Waals surface area contributed by atoms with E-state index in [4.69, 9.17) is 9.47 Å². The number of alkyl halides is 3. The Balaban J connectivity index is 1.39. The van der Waals surface area contributed by atoms with Gasteiger partial charge < -0.3 is 45.4 Å². The summed E-state index contributed by atoms with van der Waals surface area (Å²) in [5, 5.41) is 11.1. The maximum Gasteiger partial charge on any atom is 0.416 e. The Morgan fingerprint density at radius 1 is 0.758 bits per heavy atom. The molecule has 66 heavy (non-hydrogen) atoms. The van der Waals surface area contributed by atoms with Crippen molar-refractivity contribution in [1.82, 2.24) is 20.4 Å². The third-order valence-corrected chi connectivity index (χ3v) is 12.0. The van der Waals surface area contributed by atoms with Gasteiger partial charge in [0.05, 0.1) is 38.4 Å². The molecule has 2 saturated heterocycles. The molecule has 0 aliphatic carbocycles. The van der Waals surface area contributed by atoms with E-state index in [9.17, 15) is 41.9 Å². The number of alkyl carbamates (subject to hydrolysis) is 2. The Hall–Kier alpha value is -6.33. The Labute approximate surface area is 384 Å². The van der Waals surface area contributed by atoms with E-state index in [1.807, 2.05) is 36.1 Å². The molecule has 0 spiro atoms. The standard InChI is InChI=1S/C48H62F3N7O8/c1-8-9-24-56(44(61)41(29(2)3)54-46(63)65-6)28-40(59)52-34-15-10-13-31(26-34)37-22-23-38(58(37)36-20-18-33(19-21-36)48(49,50)51)32-14-11-16-35(27-32)53-43(60)39-17-12-25-57(39)45(62)42(30(4)5)55-47(64)66-7/h10-11,13-16,18-21,26-27,29-30,37-39,41-42H,8-9,12,17,22-25,28H2,1-7H3,(H,52,59)(H,53,60)(H,54,63)(H,55,64)/t37-,38-,39+,41+,42+/m1/s1. The number of anilines is 3. The zero-order chi connectivity index (χ0) is 48.3. The number of methoxy groups -OCH3 is 2. The molecule has 2 aliphatic heterocycles. The highest BCUT2D eigenvalue weighted by Gasteiger charge is 2.40. The molecular formula is C48H62F3N7O8. The third-order valence-electron chi connectivity index (χ3n) is 12.0. The van der Waals surface area contributed by atoms with Gasteiger partial charge in [0.2, 0.25) is 23.6 Å². The van der Waals surface area contributed by atoms with Gasteiger partial charge in [0, 0.05) is 30.2 Å². The van der Waals surface area contributed by atoms with Crippen molar-refractivity contribution >= 4 is 52.9 Å². The lowest BCUT2D eigenvalue weighted by atomic mass is 10.0. The van der Waals surface area contributed by atoms with E-state index >= 15 is 0 Å². The van der Waals surface area contributed by atoms with E-state index in [1.165, 1.54) is 36.2 Å². The van der Waals surface area contributed by atoms with Crippen LogP contribution in [0.2, 0.25) is 0 Å². The first-order valence-corrected chi connectivity index (χ1v) is 22.4. The largest absolute Gasteiger partial charge is 0.453 e. The molecule has 2 fully saturated rings. The van der Waals surface area contributed by atoms with Crippen LogP contribution in [-0.4, -0.2) is 97.6 Å². The average Bonchev–Trinajstić information content (AvgIpc) is 3.97. The van der Waals surface area contributed by atoms with Gasteiger partial charge >= 0.3 is 18.4 Å². The smallest absolute Gasteiger partial charge is 0.416 e. The van der Waals surface area contributed by atoms with E-state index in [-0.39, 0.29) is 36.4 Å². The molecule has 5 atom stereocenters. The van der Waals surface area contributed by atoms with Crippen LogP contribution in [0.3, 0.4) is 0 Å². The van der Waals surface area contributed by atoms with Crippen LogP contribution < -0.4 is 26.2 Å². The van der Waals surface area contributed by atoms with Gasteiger partial charge in [0.1, 0.15) is 18.1 Å². The minimum absolute atomic E-state index is 0.271. The molecule has 5 rings (SSSR count). The SMILES string of the molecule is CCCCN(CC(=O)Nc1cccc([C@H]2CC[C@H](c3cccc(NC(=O)[C@@H]4CCCN4C(=O)[C@@H](NC(=O)OC)C(C)C)c3)N2c2ccc(C(F)(F)F)cc2)c1)C(=O)[C@@H](NC(=O)OC)C(C)C. The molecular weight excluding hydrogens is 860 g/mol. The molecule has 3 aromatic rings. The lowest BCUT2D eigenvalue weighted by Crippen LogP contribution is -2.54. The van der Waals surface area contributed by atoms with Crippen LogP contribution in [0.4, 0.5) is 39.8 Å². The summed E-state index contributed by atoms with van der Waals surface area (Å²) >= 11 is 0. The van der Waals surface area contributed by atoms with Crippen molar-refractivity contribution < 1.29 is 51.4 Å². The molecule has 0 bridgehead atoms. The molecule has 0 radical (unpaired) electrons. The summed E-state index contributed by atoms with van der Waals surface area (Å²) in [5.41, 5.74) is 2.24. The molecule has 18 heteroatoms. The number of rotatable bonds is 17. The summed E-state index contributed by atoms with van der Waals surface area (Å²) in [6, 6.07) is 16.1. The fraction of sp³-hybridized carbons (Fsp3) is 0.500. The first-order chi connectivity index (χ1) is 31.4. The molecule has 2 aliphatic rings. The van der Waals surface area contributed by atoms with E-state index in [0.717, 1.165) is 29.7 Å². The summed E-state index contributed by atoms with van der Waals surface area (Å²) in [4.78, 5) is 83.8. The van der Waals surface area contributed by atoms with Crippen LogP contribution >= 0.6 is 0 Å². The second kappa shape index (κ2) is 22.7. The second-order valence-electron chi connectivity index (χ2n) is 17.4. The van der Waals surface area contributed by atoms with Crippen molar-refractivity contribution in [2.45, 2.75) is 110 Å². The number of carbonyl (C=O) groups excluding carboxylic acids is 6. The quantitative estimate of drug-likeness (QED) is 0.104. The highest BCUT2D eigenvalue weighted by atomic mass is 19.4. The van der Waals surface area contributed by atoms with Crippen molar-refractivity contribution in [2.24, 2.45) is 11.8 Å². The minimum atomic E-state index is -4.54. The molecule has 4 N–H and O–H groups in total. The van der Waals surface area contributed by atoms with Crippen molar-refractivity contribution in [1.29, 1.82) is 0 Å². The maximum absolute atomic E-state index is 13.8. The first-order valence-electron chi connectivity index (χ1n) is 22.4. The van der Waals surface area contributed by atoms with Gasteiger partial charge in [-0.05, 0) is 104 Å². The molecule has 358 valence electrons. The summed E-state index contributed by atoms with van der Waals surface area (Å²) in [6.45, 7) is 9.47. The molecule has 6 amide bonds. The monoisotopic (exact) mass is 921 g/mol. The number of amides is 6. The molecule has 3 aromatic carbocycles. The van der Waals surface area contributed by atoms with Crippen molar-refractivity contribution in [3.05, 3.63) is 89.5 Å². The summed E-state index contributed by atoms with van der Waals surface area (Å²) in [5.74, 6) is -2.21. The van der Waals surface area contributed by atoms with Crippen molar-refractivity contribution in [3.63, 3.8) is 0 Å². The fourth-order valence-electron chi connectivity index (χ4n) is 8.59. The number of hydrogen-bond donors (Lipinski definition) is 4. The molecule has 15 nitrogen and oxygen atoms in total. The minimum Gasteiger partial charge on any atom is -0.453 e. The normalized spacial score (nSPS) is 18.1. The van der Waals surface area contributed by atoms with Crippen molar-refractivity contribution in [2.75, 3.05) is 49.4 Å². The van der Waals surface area contributed by atoms with E-state index in [2.05, 4.69) is 21.3 Å². The predicted octanol–water partition coefficient (Wildman–Crippen LogP) is 8.05. The first kappa shape index (κ1) is 50.7. The molecule has 0 unspecified atom stereocenters. The van der Waals surface area contributed by atoms with Crippen LogP contribution in [0.5, 0.6) is 0 Å². The number of hydrogen-bond acceptors (Lipinski definition) is 9. The lowest BCUT2D eigenvalue weighted by Gasteiger charge is -2.34. The number of ether oxygens (including phenoxy) is 2. The van der Waals surface area contributed by atoms with Crippen LogP contribution in [0.25, 0.3) is 0 Å². The zero-order valence-corrected chi connectivity index (χ0v) is 38.6. The Kier molecular flexibility index (Phi) is 17.4. The van der Waals surface area contributed by atoms with Crippen LogP contribution in [0.15, 0.2) is 72.8 Å². The molecule has 0 saturated carbocycles. The summed E-state index contributed by atoms with van der Waals surface area (Å²) in [6.07, 6.45) is -2.47. The van der Waals surface area contributed by atoms with Crippen LogP contribution in [0.1, 0.15) is 102 Å². The lowest BCUT2D eigenvalue weighted by molar-refractivity contribution is -0.139. The number of benzene rings is 3. The van der Waals surface area contributed by atoms with Crippen LogP contribution in [-0.2, 0) is 34.8 Å². The molecule has 2 heterocycles. The number of unbranched alkanes of at least 4 members (excludes halogenated alkanes) is 1. The van der Waals surface area contributed by atoms with Gasteiger partial charge in [-0.25, -0.2) is 9.59 Å². The van der Waals surface area contributed by atoms with Gasteiger partial charge in [-0.15, -0.1) is 0 Å². The predicted molar refractivity (Wildman–Crippen MR) is 243 cm³/mol. The fourth-order valence-corrected chi connectivity index (χ4v) is 8.59. The average molecular weight is 922 g/mol. The Morgan fingerprint density at radius 2 is 1.30 bits per heavy atom. The number of likely N-dealkylation sites (tertiary alicyclic amines) is 1. The highest BCUT2D eigenvalue weighted by Crippen LogP contribution is 2.48. The Morgan fingerprint density at radius 3 is 1.82 bits per heavy atom. The number of nitrogens with zero attached hydrogens (tertiary/aromatic N) is 3. The summed E-state index contributed by atoms with van der Waals surface area (Å²) < 4.78 is 50.7. The molecule has 0 aromatic heterocycles. The van der Waals surface area contributed by atoms with Gasteiger partial charge in [-0.2, -0.15) is 13.2 Å². The number of carbonyl (C=O) groups is 6. The second-order valence-corrected chi connectivity index (χ2v) is 17.4. The maximum atomic E-state index is 13.8. The Bertz CT molecular complexity index is 2190. The van der Waals surface area contributed by atoms with E-state index < -0.39 is 59.8 Å². The zero-order valence-electron chi connectivity index (χ0n) is 38.6. The number of halogens is 3. The highest BCUT2D eigenvalue weighted by molar-refractivity contribution is 5.99. The van der Waals surface area contributed by atoms with Gasteiger partial charge in [0.15, 0.2) is 0 Å². The third kappa shape index (κ3) is 12.7. The van der Waals surface area contributed by atoms with Crippen LogP contribution in [0, 0.1) is 11.8 Å². The van der Waals surface area contributed by atoms with E-state index in [0.29, 0.717) is 62.3 Å². The van der Waals surface area contributed by atoms with E-state index in [1.54, 1.807) is 52.0 Å². The van der Waals surface area contributed by atoms with Gasteiger partial charge in [-0.1, -0.05) is 65.3 Å². The van der Waals surface area contributed by atoms with Gasteiger partial charge in [0.25, 0.3) is 0 Å². The topological polar surface area (TPSA) is 179 Å². The van der Waals surface area contributed by atoms with Crippen molar-refractivity contribution in [3.8, 4) is 0 Å². The number of nitrogens with one attached hydrogen (secondary N) is 4.